The number of allylic oxidation sites excluding steroid dienone is 2. The van der Waals surface area contributed by atoms with Crippen molar-refractivity contribution in [1.29, 1.82) is 0 Å². The van der Waals surface area contributed by atoms with E-state index in [0.29, 0.717) is 18.4 Å². The van der Waals surface area contributed by atoms with Crippen LogP contribution in [-0.4, -0.2) is 30.7 Å². The highest BCUT2D eigenvalue weighted by Gasteiger charge is 2.49. The number of rotatable bonds is 2. The maximum Gasteiger partial charge on any atom is 0.228 e. The van der Waals surface area contributed by atoms with Gasteiger partial charge in [0.15, 0.2) is 0 Å². The molecule has 0 aromatic heterocycles. The molecule has 0 aromatic carbocycles. The standard InChI is InChI=1S/C12H19NO2/c1-4-15-12-9-7-5-6-8(2)10(9)11(14)13(12)3/h5-6,8-10,12H,4,7H2,1-3H3/t8-,9+,10-,12-/m1/s1. The summed E-state index contributed by atoms with van der Waals surface area (Å²) in [6, 6.07) is 0. The lowest BCUT2D eigenvalue weighted by molar-refractivity contribution is -0.136. The molecule has 0 spiro atoms. The molecule has 1 aliphatic heterocycles. The van der Waals surface area contributed by atoms with Crippen LogP contribution in [0.1, 0.15) is 20.3 Å². The van der Waals surface area contributed by atoms with Crippen molar-refractivity contribution in [3.8, 4) is 0 Å². The Morgan fingerprint density at radius 1 is 1.60 bits per heavy atom. The largest absolute Gasteiger partial charge is 0.358 e. The summed E-state index contributed by atoms with van der Waals surface area (Å²) in [6.07, 6.45) is 5.29. The van der Waals surface area contributed by atoms with Crippen LogP contribution in [0.2, 0.25) is 0 Å². The third-order valence-electron chi connectivity index (χ3n) is 3.59. The minimum atomic E-state index is -0.0140. The molecule has 3 nitrogen and oxygen atoms in total. The fourth-order valence-corrected chi connectivity index (χ4v) is 2.86. The van der Waals surface area contributed by atoms with E-state index in [0.717, 1.165) is 6.42 Å². The number of hydrogen-bond acceptors (Lipinski definition) is 2. The number of hydrogen-bond donors (Lipinski definition) is 0. The van der Waals surface area contributed by atoms with Crippen LogP contribution in [0, 0.1) is 17.8 Å². The molecule has 0 aromatic rings. The smallest absolute Gasteiger partial charge is 0.228 e. The van der Waals surface area contributed by atoms with Crippen molar-refractivity contribution < 1.29 is 9.53 Å². The van der Waals surface area contributed by atoms with E-state index in [1.54, 1.807) is 4.90 Å². The van der Waals surface area contributed by atoms with Gasteiger partial charge in [0.2, 0.25) is 5.91 Å². The van der Waals surface area contributed by atoms with Crippen LogP contribution in [-0.2, 0) is 9.53 Å². The topological polar surface area (TPSA) is 29.5 Å². The lowest BCUT2D eigenvalue weighted by Crippen LogP contribution is -2.34. The van der Waals surface area contributed by atoms with E-state index in [1.165, 1.54) is 0 Å². The van der Waals surface area contributed by atoms with Crippen LogP contribution < -0.4 is 0 Å². The molecule has 1 heterocycles. The molecule has 1 fully saturated rings. The summed E-state index contributed by atoms with van der Waals surface area (Å²) in [6.45, 7) is 4.77. The molecular formula is C12H19NO2. The maximum atomic E-state index is 12.0. The van der Waals surface area contributed by atoms with Crippen molar-refractivity contribution in [2.24, 2.45) is 17.8 Å². The summed E-state index contributed by atoms with van der Waals surface area (Å²) in [4.78, 5) is 13.8. The molecule has 84 valence electrons. The molecule has 1 aliphatic carbocycles. The van der Waals surface area contributed by atoms with Gasteiger partial charge in [0.1, 0.15) is 6.23 Å². The molecule has 0 unspecified atom stereocenters. The monoisotopic (exact) mass is 209 g/mol. The van der Waals surface area contributed by atoms with Gasteiger partial charge in [0.25, 0.3) is 0 Å². The van der Waals surface area contributed by atoms with Gasteiger partial charge in [-0.15, -0.1) is 0 Å². The summed E-state index contributed by atoms with van der Waals surface area (Å²) >= 11 is 0. The van der Waals surface area contributed by atoms with Gasteiger partial charge >= 0.3 is 0 Å². The maximum absolute atomic E-state index is 12.0. The molecule has 3 heteroatoms. The minimum absolute atomic E-state index is 0.0140. The molecule has 0 bridgehead atoms. The van der Waals surface area contributed by atoms with Crippen molar-refractivity contribution >= 4 is 5.91 Å². The van der Waals surface area contributed by atoms with E-state index >= 15 is 0 Å². The summed E-state index contributed by atoms with van der Waals surface area (Å²) in [5.41, 5.74) is 0. The molecule has 2 aliphatic rings. The van der Waals surface area contributed by atoms with Crippen molar-refractivity contribution in [3.63, 3.8) is 0 Å². The van der Waals surface area contributed by atoms with Gasteiger partial charge in [-0.2, -0.15) is 0 Å². The average Bonchev–Trinajstić information content (AvgIpc) is 2.45. The Hall–Kier alpha value is -0.830. The third kappa shape index (κ3) is 1.59. The van der Waals surface area contributed by atoms with Gasteiger partial charge in [-0.25, -0.2) is 0 Å². The Labute approximate surface area is 91.1 Å². The minimum Gasteiger partial charge on any atom is -0.358 e. The molecule has 2 rings (SSSR count). The number of carbonyl (C=O) groups excluding carboxylic acids is 1. The van der Waals surface area contributed by atoms with Gasteiger partial charge in [0, 0.05) is 19.6 Å². The summed E-state index contributed by atoms with van der Waals surface area (Å²) in [5.74, 6) is 1.08. The number of fused-ring (bicyclic) bond motifs is 1. The van der Waals surface area contributed by atoms with E-state index in [1.807, 2.05) is 14.0 Å². The molecule has 1 amide bonds. The highest BCUT2D eigenvalue weighted by atomic mass is 16.5. The van der Waals surface area contributed by atoms with E-state index in [9.17, 15) is 4.79 Å². The first-order chi connectivity index (χ1) is 7.16. The summed E-state index contributed by atoms with van der Waals surface area (Å²) in [5, 5.41) is 0. The quantitative estimate of drug-likeness (QED) is 0.647. The summed E-state index contributed by atoms with van der Waals surface area (Å²) in [7, 11) is 1.85. The van der Waals surface area contributed by atoms with E-state index < -0.39 is 0 Å². The van der Waals surface area contributed by atoms with Crippen LogP contribution in [0.25, 0.3) is 0 Å². The Morgan fingerprint density at radius 2 is 2.33 bits per heavy atom. The van der Waals surface area contributed by atoms with Gasteiger partial charge in [-0.05, 0) is 19.3 Å². The number of ether oxygens (including phenoxy) is 1. The first kappa shape index (κ1) is 10.7. The van der Waals surface area contributed by atoms with Crippen molar-refractivity contribution in [3.05, 3.63) is 12.2 Å². The lowest BCUT2D eigenvalue weighted by Gasteiger charge is -2.28. The van der Waals surface area contributed by atoms with Gasteiger partial charge in [-0.3, -0.25) is 4.79 Å². The highest BCUT2D eigenvalue weighted by Crippen LogP contribution is 2.41. The summed E-state index contributed by atoms with van der Waals surface area (Å²) < 4.78 is 5.67. The second-order valence-corrected chi connectivity index (χ2v) is 4.51. The first-order valence-corrected chi connectivity index (χ1v) is 5.71. The van der Waals surface area contributed by atoms with Crippen LogP contribution >= 0.6 is 0 Å². The average molecular weight is 209 g/mol. The molecular weight excluding hydrogens is 190 g/mol. The number of nitrogens with zero attached hydrogens (tertiary/aromatic N) is 1. The zero-order valence-electron chi connectivity index (χ0n) is 9.64. The highest BCUT2D eigenvalue weighted by molar-refractivity contribution is 5.82. The Kier molecular flexibility index (Phi) is 2.83. The van der Waals surface area contributed by atoms with Crippen LogP contribution in [0.15, 0.2) is 12.2 Å². The Morgan fingerprint density at radius 3 is 3.00 bits per heavy atom. The van der Waals surface area contributed by atoms with Crippen LogP contribution in [0.3, 0.4) is 0 Å². The molecule has 0 saturated carbocycles. The van der Waals surface area contributed by atoms with E-state index in [4.69, 9.17) is 4.74 Å². The van der Waals surface area contributed by atoms with E-state index in [2.05, 4.69) is 19.1 Å². The van der Waals surface area contributed by atoms with Crippen molar-refractivity contribution in [2.45, 2.75) is 26.5 Å². The molecule has 1 saturated heterocycles. The van der Waals surface area contributed by atoms with E-state index in [-0.39, 0.29) is 18.1 Å². The van der Waals surface area contributed by atoms with Crippen molar-refractivity contribution in [2.75, 3.05) is 13.7 Å². The second-order valence-electron chi connectivity index (χ2n) is 4.51. The number of amides is 1. The molecule has 4 atom stereocenters. The molecule has 0 radical (unpaired) electrons. The number of likely N-dealkylation sites (tertiary alicyclic amines) is 1. The third-order valence-corrected chi connectivity index (χ3v) is 3.59. The predicted octanol–water partition coefficient (Wildman–Crippen LogP) is 1.65. The van der Waals surface area contributed by atoms with Crippen LogP contribution in [0.4, 0.5) is 0 Å². The van der Waals surface area contributed by atoms with Gasteiger partial charge in [-0.1, -0.05) is 19.1 Å². The Balaban J connectivity index is 2.23. The zero-order chi connectivity index (χ0) is 11.0. The molecule has 15 heavy (non-hydrogen) atoms. The first-order valence-electron chi connectivity index (χ1n) is 5.71. The fourth-order valence-electron chi connectivity index (χ4n) is 2.86. The SMILES string of the molecule is CCO[C@@H]1[C@H]2CC=C[C@@H](C)[C@H]2C(=O)N1C. The Bertz CT molecular complexity index is 287. The molecule has 0 N–H and O–H groups in total. The zero-order valence-corrected chi connectivity index (χ0v) is 9.64. The normalized spacial score (nSPS) is 39.7. The lowest BCUT2D eigenvalue weighted by atomic mass is 9.78. The van der Waals surface area contributed by atoms with Gasteiger partial charge < -0.3 is 9.64 Å². The van der Waals surface area contributed by atoms with Crippen LogP contribution in [0.5, 0.6) is 0 Å². The fraction of sp³-hybridized carbons (Fsp3) is 0.750. The van der Waals surface area contributed by atoms with Gasteiger partial charge in [0.05, 0.1) is 5.92 Å². The predicted molar refractivity (Wildman–Crippen MR) is 58.1 cm³/mol. The van der Waals surface area contributed by atoms with Crippen molar-refractivity contribution in [1.82, 2.24) is 4.90 Å². The second kappa shape index (κ2) is 3.97. The number of carbonyl (C=O) groups is 1.